The molecule has 0 saturated carbocycles. The minimum Gasteiger partial charge on any atom is -0.462 e. The van der Waals surface area contributed by atoms with E-state index in [0.717, 1.165) is 51.4 Å². The van der Waals surface area contributed by atoms with Crippen LogP contribution >= 0.6 is 7.82 Å². The van der Waals surface area contributed by atoms with Crippen LogP contribution in [0, 0.1) is 0 Å². The Morgan fingerprint density at radius 3 is 1.73 bits per heavy atom. The number of phosphoric acid groups is 1. The largest absolute Gasteiger partial charge is 0.472 e. The maximum absolute atomic E-state index is 12.5. The maximum Gasteiger partial charge on any atom is 0.472 e. The van der Waals surface area contributed by atoms with Crippen LogP contribution in [0.4, 0.5) is 0 Å². The lowest BCUT2D eigenvalue weighted by atomic mass is 10.1. The number of hydrogen-bond donors (Lipinski definition) is 1. The Labute approximate surface area is 269 Å². The van der Waals surface area contributed by atoms with Crippen LogP contribution in [0.5, 0.6) is 0 Å². The van der Waals surface area contributed by atoms with Gasteiger partial charge in [0.05, 0.1) is 27.7 Å². The molecule has 0 aliphatic carbocycles. The van der Waals surface area contributed by atoms with Crippen LogP contribution in [-0.2, 0) is 32.7 Å². The number of allylic oxidation sites excluding steroid dienone is 2. The number of rotatable bonds is 31. The second-order valence-corrected chi connectivity index (χ2v) is 14.4. The van der Waals surface area contributed by atoms with Crippen molar-refractivity contribution in [1.29, 1.82) is 0 Å². The number of likely N-dealkylation sites (N-methyl/N-ethyl adjacent to an activating group) is 1. The highest BCUT2D eigenvalue weighted by Gasteiger charge is 2.27. The Bertz CT molecular complexity index is 784. The van der Waals surface area contributed by atoms with Crippen LogP contribution in [0.25, 0.3) is 0 Å². The van der Waals surface area contributed by atoms with Crippen LogP contribution in [0.3, 0.4) is 0 Å². The SMILES string of the molecule is CCCCC/C=C/CCCCCCCC(=O)O[C@H](COC(=O)CCCCCCCCCC)COP(=O)(O)OCC[N+](C)(C)C. The Morgan fingerprint density at radius 1 is 0.682 bits per heavy atom. The van der Waals surface area contributed by atoms with Gasteiger partial charge in [-0.15, -0.1) is 0 Å². The van der Waals surface area contributed by atoms with E-state index < -0.39 is 26.5 Å². The summed E-state index contributed by atoms with van der Waals surface area (Å²) in [6.07, 6.45) is 24.1. The number of nitrogens with zero attached hydrogens (tertiary/aromatic N) is 1. The molecule has 0 aliphatic rings. The quantitative estimate of drug-likeness (QED) is 0.0262. The zero-order chi connectivity index (χ0) is 32.9. The van der Waals surface area contributed by atoms with Gasteiger partial charge in [-0.1, -0.05) is 103 Å². The average molecular weight is 649 g/mol. The highest BCUT2D eigenvalue weighted by molar-refractivity contribution is 7.47. The third-order valence-electron chi connectivity index (χ3n) is 7.30. The predicted molar refractivity (Wildman–Crippen MR) is 178 cm³/mol. The monoisotopic (exact) mass is 648 g/mol. The molecule has 1 unspecified atom stereocenters. The standard InChI is InChI=1S/C34H66NO8P/c1-6-8-10-12-14-16-17-18-19-21-23-25-27-34(37)43-32(31-42-44(38,39)41-29-28-35(3,4)5)30-40-33(36)26-24-22-20-15-13-11-9-7-2/h14,16,32H,6-13,15,17-31H2,1-5H3/p+1/b16-14+/t32-/m1/s1. The zero-order valence-electron chi connectivity index (χ0n) is 28.9. The van der Waals surface area contributed by atoms with Gasteiger partial charge >= 0.3 is 19.8 Å². The molecule has 0 spiro atoms. The highest BCUT2D eigenvalue weighted by atomic mass is 31.2. The number of ether oxygens (including phenoxy) is 2. The van der Waals surface area contributed by atoms with E-state index in [2.05, 4.69) is 26.0 Å². The summed E-state index contributed by atoms with van der Waals surface area (Å²) in [6.45, 7) is 4.33. The summed E-state index contributed by atoms with van der Waals surface area (Å²) in [5, 5.41) is 0. The van der Waals surface area contributed by atoms with Crippen LogP contribution in [0.2, 0.25) is 0 Å². The lowest BCUT2D eigenvalue weighted by molar-refractivity contribution is -0.870. The lowest BCUT2D eigenvalue weighted by Gasteiger charge is -2.24. The van der Waals surface area contributed by atoms with E-state index in [1.54, 1.807) is 0 Å². The first kappa shape index (κ1) is 42.8. The molecular weight excluding hydrogens is 581 g/mol. The van der Waals surface area contributed by atoms with Gasteiger partial charge in [0.2, 0.25) is 0 Å². The molecule has 260 valence electrons. The van der Waals surface area contributed by atoms with Crippen molar-refractivity contribution >= 4 is 19.8 Å². The van der Waals surface area contributed by atoms with Crippen molar-refractivity contribution in [3.8, 4) is 0 Å². The fraction of sp³-hybridized carbons (Fsp3) is 0.882. The molecule has 44 heavy (non-hydrogen) atoms. The fourth-order valence-corrected chi connectivity index (χ4v) is 5.22. The van der Waals surface area contributed by atoms with Gasteiger partial charge in [-0.3, -0.25) is 18.6 Å². The van der Waals surface area contributed by atoms with E-state index in [0.29, 0.717) is 17.4 Å². The molecule has 9 nitrogen and oxygen atoms in total. The molecule has 10 heteroatoms. The smallest absolute Gasteiger partial charge is 0.462 e. The van der Waals surface area contributed by atoms with E-state index in [-0.39, 0.29) is 32.0 Å². The average Bonchev–Trinajstić information content (AvgIpc) is 2.95. The summed E-state index contributed by atoms with van der Waals surface area (Å²) in [5.41, 5.74) is 0. The van der Waals surface area contributed by atoms with Crippen LogP contribution in [0.1, 0.15) is 142 Å². The second kappa shape index (κ2) is 28.0. The summed E-state index contributed by atoms with van der Waals surface area (Å²) >= 11 is 0. The van der Waals surface area contributed by atoms with Crippen molar-refractivity contribution in [3.63, 3.8) is 0 Å². The van der Waals surface area contributed by atoms with Crippen molar-refractivity contribution in [2.24, 2.45) is 0 Å². The molecule has 0 saturated heterocycles. The molecule has 0 aromatic carbocycles. The van der Waals surface area contributed by atoms with Crippen LogP contribution in [-0.4, -0.2) is 74.9 Å². The first-order chi connectivity index (χ1) is 21.0. The molecule has 0 bridgehead atoms. The first-order valence-corrected chi connectivity index (χ1v) is 18.9. The number of quaternary nitrogens is 1. The van der Waals surface area contributed by atoms with Gasteiger partial charge in [-0.05, 0) is 38.5 Å². The van der Waals surface area contributed by atoms with Crippen molar-refractivity contribution in [2.75, 3.05) is 47.5 Å². The van der Waals surface area contributed by atoms with Crippen LogP contribution < -0.4 is 0 Å². The van der Waals surface area contributed by atoms with Gasteiger partial charge in [0.1, 0.15) is 19.8 Å². The van der Waals surface area contributed by atoms with Gasteiger partial charge in [-0.25, -0.2) is 4.57 Å². The first-order valence-electron chi connectivity index (χ1n) is 17.4. The van der Waals surface area contributed by atoms with Crippen LogP contribution in [0.15, 0.2) is 12.2 Å². The summed E-state index contributed by atoms with van der Waals surface area (Å²) in [4.78, 5) is 34.9. The normalized spacial score (nSPS) is 14.0. The Kier molecular flexibility index (Phi) is 27.2. The third kappa shape index (κ3) is 30.8. The van der Waals surface area contributed by atoms with Crippen molar-refractivity contribution in [1.82, 2.24) is 0 Å². The molecule has 0 amide bonds. The van der Waals surface area contributed by atoms with E-state index >= 15 is 0 Å². The molecule has 1 N–H and O–H groups in total. The maximum atomic E-state index is 12.5. The minimum absolute atomic E-state index is 0.0323. The van der Waals surface area contributed by atoms with Crippen molar-refractivity contribution in [2.45, 2.75) is 148 Å². The van der Waals surface area contributed by atoms with Gasteiger partial charge in [0.15, 0.2) is 6.10 Å². The van der Waals surface area contributed by atoms with E-state index in [9.17, 15) is 19.0 Å². The van der Waals surface area contributed by atoms with Gasteiger partial charge in [0, 0.05) is 12.8 Å². The summed E-state index contributed by atoms with van der Waals surface area (Å²) in [6, 6.07) is 0. The molecule has 0 heterocycles. The molecule has 0 rings (SSSR count). The van der Waals surface area contributed by atoms with Crippen molar-refractivity contribution < 1.29 is 42.1 Å². The number of carbonyl (C=O) groups is 2. The van der Waals surface area contributed by atoms with E-state index in [1.807, 2.05) is 21.1 Å². The Hall–Kier alpha value is -1.25. The summed E-state index contributed by atoms with van der Waals surface area (Å²) < 4.78 is 34.0. The Morgan fingerprint density at radius 2 is 1.16 bits per heavy atom. The predicted octanol–water partition coefficient (Wildman–Crippen LogP) is 8.68. The number of esters is 2. The molecule has 0 fully saturated rings. The zero-order valence-corrected chi connectivity index (χ0v) is 29.8. The van der Waals surface area contributed by atoms with Gasteiger partial charge < -0.3 is 18.9 Å². The summed E-state index contributed by atoms with van der Waals surface area (Å²) in [5.74, 6) is -0.814. The molecule has 0 aromatic heterocycles. The summed E-state index contributed by atoms with van der Waals surface area (Å²) in [7, 11) is 1.47. The molecular formula is C34H67NO8P+. The molecule has 0 radical (unpaired) electrons. The fourth-order valence-electron chi connectivity index (χ4n) is 4.48. The molecule has 0 aliphatic heterocycles. The Balaban J connectivity index is 4.50. The third-order valence-corrected chi connectivity index (χ3v) is 8.28. The van der Waals surface area contributed by atoms with E-state index in [1.165, 1.54) is 57.8 Å². The number of carbonyl (C=O) groups excluding carboxylic acids is 2. The number of unbranched alkanes of at least 4 members (excludes halogenated alkanes) is 15. The lowest BCUT2D eigenvalue weighted by Crippen LogP contribution is -2.37. The minimum atomic E-state index is -4.36. The molecule has 0 aromatic rings. The van der Waals surface area contributed by atoms with Crippen molar-refractivity contribution in [3.05, 3.63) is 12.2 Å². The van der Waals surface area contributed by atoms with Gasteiger partial charge in [0.25, 0.3) is 0 Å². The van der Waals surface area contributed by atoms with E-state index in [4.69, 9.17) is 18.5 Å². The second-order valence-electron chi connectivity index (χ2n) is 12.9. The molecule has 2 atom stereocenters. The topological polar surface area (TPSA) is 108 Å². The highest BCUT2D eigenvalue weighted by Crippen LogP contribution is 2.43. The number of hydrogen-bond acceptors (Lipinski definition) is 7. The van der Waals surface area contributed by atoms with Gasteiger partial charge in [-0.2, -0.15) is 0 Å². The number of phosphoric ester groups is 1.